The van der Waals surface area contributed by atoms with Crippen LogP contribution in [0.1, 0.15) is 38.7 Å². The number of carbonyl (C=O) groups is 1. The normalized spacial score (nSPS) is 12.9. The molecule has 0 amide bonds. The van der Waals surface area contributed by atoms with Gasteiger partial charge >= 0.3 is 0 Å². The van der Waals surface area contributed by atoms with E-state index in [0.717, 1.165) is 0 Å². The molecule has 0 fully saturated rings. The van der Waals surface area contributed by atoms with Crippen molar-refractivity contribution < 1.29 is 9.18 Å². The first-order valence-corrected chi connectivity index (χ1v) is 5.62. The molecule has 17 heavy (non-hydrogen) atoms. The van der Waals surface area contributed by atoms with E-state index >= 15 is 0 Å². The fourth-order valence-corrected chi connectivity index (χ4v) is 1.54. The number of nitrogens with zero attached hydrogens (tertiary/aromatic N) is 1. The largest absolute Gasteiger partial charge is 0.297 e. The van der Waals surface area contributed by atoms with Gasteiger partial charge in [-0.05, 0) is 12.5 Å². The molecule has 1 aromatic rings. The highest BCUT2D eigenvalue weighted by Gasteiger charge is 2.34. The molecule has 2 nitrogen and oxygen atoms in total. The van der Waals surface area contributed by atoms with E-state index in [1.165, 1.54) is 12.1 Å². The van der Waals surface area contributed by atoms with Gasteiger partial charge in [0.05, 0.1) is 6.07 Å². The number of hydrogen-bond acceptors (Lipinski definition) is 2. The van der Waals surface area contributed by atoms with E-state index in [4.69, 9.17) is 5.26 Å². The number of ketones is 1. The Labute approximate surface area is 101 Å². The quantitative estimate of drug-likeness (QED) is 0.799. The van der Waals surface area contributed by atoms with Crippen LogP contribution in [0.3, 0.4) is 0 Å². The lowest BCUT2D eigenvalue weighted by Crippen LogP contribution is -2.29. The SMILES string of the molecule is CCC(C)(C)C(=O)C(C#N)c1ccccc1F. The van der Waals surface area contributed by atoms with Gasteiger partial charge in [-0.25, -0.2) is 4.39 Å². The molecule has 0 saturated carbocycles. The maximum absolute atomic E-state index is 13.6. The molecule has 1 atom stereocenters. The predicted molar refractivity (Wildman–Crippen MR) is 63.8 cm³/mol. The molecule has 0 N–H and O–H groups in total. The van der Waals surface area contributed by atoms with E-state index in [-0.39, 0.29) is 11.3 Å². The van der Waals surface area contributed by atoms with Crippen LogP contribution in [0.2, 0.25) is 0 Å². The van der Waals surface area contributed by atoms with Crippen LogP contribution in [-0.4, -0.2) is 5.78 Å². The molecular formula is C14H16FNO. The van der Waals surface area contributed by atoms with Gasteiger partial charge in [0.2, 0.25) is 0 Å². The fraction of sp³-hybridized carbons (Fsp3) is 0.429. The molecule has 0 aromatic heterocycles. The van der Waals surface area contributed by atoms with Gasteiger partial charge in [-0.3, -0.25) is 4.79 Å². The molecule has 1 unspecified atom stereocenters. The van der Waals surface area contributed by atoms with Crippen LogP contribution >= 0.6 is 0 Å². The van der Waals surface area contributed by atoms with Crippen molar-refractivity contribution in [1.29, 1.82) is 5.26 Å². The molecule has 0 aliphatic rings. The van der Waals surface area contributed by atoms with Crippen molar-refractivity contribution in [3.63, 3.8) is 0 Å². The molecule has 90 valence electrons. The average molecular weight is 233 g/mol. The molecule has 3 heteroatoms. The summed E-state index contributed by atoms with van der Waals surface area (Å²) in [6, 6.07) is 7.85. The third-order valence-corrected chi connectivity index (χ3v) is 3.16. The average Bonchev–Trinajstić information content (AvgIpc) is 2.32. The molecule has 1 aromatic carbocycles. The van der Waals surface area contributed by atoms with E-state index in [1.807, 2.05) is 13.0 Å². The van der Waals surface area contributed by atoms with E-state index < -0.39 is 17.2 Å². The monoisotopic (exact) mass is 233 g/mol. The Kier molecular flexibility index (Phi) is 4.01. The summed E-state index contributed by atoms with van der Waals surface area (Å²) in [7, 11) is 0. The van der Waals surface area contributed by atoms with Crippen LogP contribution in [-0.2, 0) is 4.79 Å². The summed E-state index contributed by atoms with van der Waals surface area (Å²) in [6.07, 6.45) is 0.623. The van der Waals surface area contributed by atoms with Crippen LogP contribution in [0.15, 0.2) is 24.3 Å². The maximum Gasteiger partial charge on any atom is 0.160 e. The number of Topliss-reactive ketones (excluding diaryl/α,β-unsaturated/α-hetero) is 1. The lowest BCUT2D eigenvalue weighted by atomic mass is 9.77. The van der Waals surface area contributed by atoms with Crippen molar-refractivity contribution in [3.05, 3.63) is 35.6 Å². The van der Waals surface area contributed by atoms with Gasteiger partial charge in [0.15, 0.2) is 5.78 Å². The number of nitriles is 1. The van der Waals surface area contributed by atoms with E-state index in [1.54, 1.807) is 26.0 Å². The molecular weight excluding hydrogens is 217 g/mol. The number of carbonyl (C=O) groups excluding carboxylic acids is 1. The Morgan fingerprint density at radius 1 is 1.47 bits per heavy atom. The van der Waals surface area contributed by atoms with Gasteiger partial charge in [0.25, 0.3) is 0 Å². The Morgan fingerprint density at radius 3 is 2.53 bits per heavy atom. The number of rotatable bonds is 4. The highest BCUT2D eigenvalue weighted by molar-refractivity contribution is 5.92. The Hall–Kier alpha value is -1.69. The van der Waals surface area contributed by atoms with E-state index in [0.29, 0.717) is 6.42 Å². The van der Waals surface area contributed by atoms with Crippen LogP contribution in [0.5, 0.6) is 0 Å². The minimum Gasteiger partial charge on any atom is -0.297 e. The first-order valence-electron chi connectivity index (χ1n) is 5.62. The van der Waals surface area contributed by atoms with Crippen molar-refractivity contribution >= 4 is 5.78 Å². The van der Waals surface area contributed by atoms with Gasteiger partial charge in [0.1, 0.15) is 11.7 Å². The van der Waals surface area contributed by atoms with E-state index in [2.05, 4.69) is 0 Å². The summed E-state index contributed by atoms with van der Waals surface area (Å²) in [5.74, 6) is -1.75. The first kappa shape index (κ1) is 13.4. The molecule has 0 aliphatic heterocycles. The standard InChI is InChI=1S/C14H16FNO/c1-4-14(2,3)13(17)11(9-16)10-7-5-6-8-12(10)15/h5-8,11H,4H2,1-3H3. The van der Waals surface area contributed by atoms with Crippen molar-refractivity contribution in [2.45, 2.75) is 33.1 Å². The lowest BCUT2D eigenvalue weighted by molar-refractivity contribution is -0.127. The number of halogens is 1. The smallest absolute Gasteiger partial charge is 0.160 e. The fourth-order valence-electron chi connectivity index (χ4n) is 1.54. The van der Waals surface area contributed by atoms with Gasteiger partial charge in [0, 0.05) is 11.0 Å². The third-order valence-electron chi connectivity index (χ3n) is 3.16. The van der Waals surface area contributed by atoms with Crippen molar-refractivity contribution in [2.24, 2.45) is 5.41 Å². The maximum atomic E-state index is 13.6. The van der Waals surface area contributed by atoms with Gasteiger partial charge in [-0.2, -0.15) is 5.26 Å². The second-order valence-electron chi connectivity index (χ2n) is 4.69. The minimum absolute atomic E-state index is 0.168. The topological polar surface area (TPSA) is 40.9 Å². The Bertz CT molecular complexity index is 460. The summed E-state index contributed by atoms with van der Waals surface area (Å²) in [5.41, 5.74) is -0.440. The number of hydrogen-bond donors (Lipinski definition) is 0. The van der Waals surface area contributed by atoms with Gasteiger partial charge < -0.3 is 0 Å². The first-order chi connectivity index (χ1) is 7.94. The van der Waals surface area contributed by atoms with Crippen LogP contribution in [0.4, 0.5) is 4.39 Å². The van der Waals surface area contributed by atoms with Crippen LogP contribution in [0.25, 0.3) is 0 Å². The van der Waals surface area contributed by atoms with Gasteiger partial charge in [-0.1, -0.05) is 39.0 Å². The zero-order valence-electron chi connectivity index (χ0n) is 10.3. The second kappa shape index (κ2) is 5.09. The highest BCUT2D eigenvalue weighted by Crippen LogP contribution is 2.31. The number of benzene rings is 1. The van der Waals surface area contributed by atoms with Crippen molar-refractivity contribution in [1.82, 2.24) is 0 Å². The zero-order valence-corrected chi connectivity index (χ0v) is 10.3. The van der Waals surface area contributed by atoms with Crippen molar-refractivity contribution in [2.75, 3.05) is 0 Å². The van der Waals surface area contributed by atoms with Crippen LogP contribution in [0, 0.1) is 22.6 Å². The molecule has 0 bridgehead atoms. The van der Waals surface area contributed by atoms with Crippen molar-refractivity contribution in [3.8, 4) is 6.07 Å². The minimum atomic E-state index is -1.02. The molecule has 0 saturated heterocycles. The Morgan fingerprint density at radius 2 is 2.06 bits per heavy atom. The molecule has 0 radical (unpaired) electrons. The summed E-state index contributed by atoms with van der Waals surface area (Å²) in [4.78, 5) is 12.2. The van der Waals surface area contributed by atoms with E-state index in [9.17, 15) is 9.18 Å². The summed E-state index contributed by atoms with van der Waals surface area (Å²) in [5, 5.41) is 9.10. The third kappa shape index (κ3) is 2.71. The lowest BCUT2D eigenvalue weighted by Gasteiger charge is -2.24. The molecule has 0 spiro atoms. The van der Waals surface area contributed by atoms with Crippen LogP contribution < -0.4 is 0 Å². The predicted octanol–water partition coefficient (Wildman–Crippen LogP) is 3.44. The molecule has 0 aliphatic carbocycles. The highest BCUT2D eigenvalue weighted by atomic mass is 19.1. The second-order valence-corrected chi connectivity index (χ2v) is 4.69. The summed E-state index contributed by atoms with van der Waals surface area (Å²) >= 11 is 0. The Balaban J connectivity index is 3.15. The molecule has 1 rings (SSSR count). The molecule has 0 heterocycles. The van der Waals surface area contributed by atoms with Gasteiger partial charge in [-0.15, -0.1) is 0 Å². The summed E-state index contributed by atoms with van der Waals surface area (Å²) in [6.45, 7) is 5.44. The zero-order chi connectivity index (χ0) is 13.1. The summed E-state index contributed by atoms with van der Waals surface area (Å²) < 4.78 is 13.6.